The molecule has 0 unspecified atom stereocenters. The molecule has 0 aliphatic heterocycles. The van der Waals surface area contributed by atoms with Crippen molar-refractivity contribution in [3.8, 4) is 11.5 Å². The van der Waals surface area contributed by atoms with Gasteiger partial charge in [-0.2, -0.15) is 8.78 Å². The fourth-order valence-corrected chi connectivity index (χ4v) is 3.35. The molecule has 0 spiro atoms. The van der Waals surface area contributed by atoms with E-state index in [4.69, 9.17) is 4.74 Å². The average molecular weight is 413 g/mol. The van der Waals surface area contributed by atoms with Gasteiger partial charge in [-0.25, -0.2) is 8.42 Å². The molecule has 0 saturated heterocycles. The molecule has 28 heavy (non-hydrogen) atoms. The van der Waals surface area contributed by atoms with Gasteiger partial charge in [-0.05, 0) is 48.4 Å². The minimum atomic E-state index is -3.32. The Morgan fingerprint density at radius 1 is 1.11 bits per heavy atom. The first-order valence-corrected chi connectivity index (χ1v) is 10.1. The van der Waals surface area contributed by atoms with Crippen LogP contribution in [-0.4, -0.2) is 40.3 Å². The van der Waals surface area contributed by atoms with Crippen molar-refractivity contribution in [2.75, 3.05) is 19.4 Å². The maximum atomic E-state index is 12.5. The van der Waals surface area contributed by atoms with Gasteiger partial charge in [-0.15, -0.1) is 0 Å². The summed E-state index contributed by atoms with van der Waals surface area (Å²) in [6, 6.07) is 10.3. The van der Waals surface area contributed by atoms with Crippen molar-refractivity contribution >= 4 is 15.7 Å². The van der Waals surface area contributed by atoms with Crippen LogP contribution in [0.25, 0.3) is 0 Å². The predicted octanol–water partition coefficient (Wildman–Crippen LogP) is 3.06. The van der Waals surface area contributed by atoms with Crippen LogP contribution < -0.4 is 14.8 Å². The van der Waals surface area contributed by atoms with Gasteiger partial charge in [0.15, 0.2) is 21.3 Å². The smallest absolute Gasteiger partial charge is 0.387 e. The summed E-state index contributed by atoms with van der Waals surface area (Å²) >= 11 is 0. The Bertz CT molecular complexity index is 914. The van der Waals surface area contributed by atoms with Crippen LogP contribution in [0.2, 0.25) is 0 Å². The number of methoxy groups -OCH3 is 1. The molecule has 0 radical (unpaired) electrons. The molecule has 0 aliphatic rings. The largest absolute Gasteiger partial charge is 0.493 e. The molecule has 1 amide bonds. The lowest BCUT2D eigenvalue weighted by Crippen LogP contribution is -2.25. The molecule has 0 fully saturated rings. The number of carbonyl (C=O) groups excluding carboxylic acids is 1. The van der Waals surface area contributed by atoms with E-state index in [1.807, 2.05) is 0 Å². The molecule has 0 aliphatic carbocycles. The third-order valence-electron chi connectivity index (χ3n) is 4.00. The maximum Gasteiger partial charge on any atom is 0.387 e. The quantitative estimate of drug-likeness (QED) is 0.683. The average Bonchev–Trinajstić information content (AvgIpc) is 2.67. The van der Waals surface area contributed by atoms with Gasteiger partial charge in [-0.3, -0.25) is 4.79 Å². The molecule has 2 aromatic rings. The van der Waals surface area contributed by atoms with E-state index in [1.54, 1.807) is 13.0 Å². The van der Waals surface area contributed by atoms with Crippen LogP contribution in [0.4, 0.5) is 8.78 Å². The van der Waals surface area contributed by atoms with E-state index < -0.39 is 16.4 Å². The van der Waals surface area contributed by atoms with Crippen LogP contribution in [-0.2, 0) is 16.3 Å². The van der Waals surface area contributed by atoms with E-state index in [1.165, 1.54) is 43.5 Å². The molecule has 152 valence electrons. The Morgan fingerprint density at radius 2 is 1.79 bits per heavy atom. The number of amides is 1. The van der Waals surface area contributed by atoms with Gasteiger partial charge in [-0.1, -0.05) is 13.0 Å². The van der Waals surface area contributed by atoms with Crippen LogP contribution in [0, 0.1) is 0 Å². The Kier molecular flexibility index (Phi) is 7.33. The van der Waals surface area contributed by atoms with Gasteiger partial charge in [0.1, 0.15) is 0 Å². The standard InChI is InChI=1S/C19H21F2NO5S/c1-3-28(24,25)15-7-5-14(6-8-15)18(23)22-11-10-13-4-9-16(26-2)17(12-13)27-19(20)21/h4-9,12,19H,3,10-11H2,1-2H3,(H,22,23). The molecule has 1 N–H and O–H groups in total. The van der Waals surface area contributed by atoms with E-state index in [0.717, 1.165) is 0 Å². The molecule has 0 atom stereocenters. The molecule has 9 heteroatoms. The van der Waals surface area contributed by atoms with Gasteiger partial charge >= 0.3 is 6.61 Å². The zero-order valence-corrected chi connectivity index (χ0v) is 16.3. The number of sulfone groups is 1. The first-order chi connectivity index (χ1) is 13.3. The third-order valence-corrected chi connectivity index (χ3v) is 5.75. The first-order valence-electron chi connectivity index (χ1n) is 8.49. The van der Waals surface area contributed by atoms with Gasteiger partial charge in [0, 0.05) is 12.1 Å². The van der Waals surface area contributed by atoms with Gasteiger partial charge in [0.2, 0.25) is 0 Å². The summed E-state index contributed by atoms with van der Waals surface area (Å²) in [4.78, 5) is 12.3. The van der Waals surface area contributed by atoms with Crippen LogP contribution in [0.3, 0.4) is 0 Å². The second-order valence-corrected chi connectivity index (χ2v) is 8.08. The monoisotopic (exact) mass is 413 g/mol. The summed E-state index contributed by atoms with van der Waals surface area (Å²) in [5.74, 6) is -0.264. The summed E-state index contributed by atoms with van der Waals surface area (Å²) < 4.78 is 57.9. The highest BCUT2D eigenvalue weighted by atomic mass is 32.2. The topological polar surface area (TPSA) is 81.7 Å². The van der Waals surface area contributed by atoms with Crippen molar-refractivity contribution < 1.29 is 31.5 Å². The Hall–Kier alpha value is -2.68. The summed E-state index contributed by atoms with van der Waals surface area (Å²) in [5, 5.41) is 2.70. The highest BCUT2D eigenvalue weighted by Crippen LogP contribution is 2.29. The van der Waals surface area contributed by atoms with E-state index in [9.17, 15) is 22.0 Å². The van der Waals surface area contributed by atoms with Crippen molar-refractivity contribution in [3.05, 3.63) is 53.6 Å². The van der Waals surface area contributed by atoms with Crippen molar-refractivity contribution in [2.24, 2.45) is 0 Å². The zero-order chi connectivity index (χ0) is 20.7. The maximum absolute atomic E-state index is 12.5. The molecule has 0 heterocycles. The van der Waals surface area contributed by atoms with E-state index in [2.05, 4.69) is 10.1 Å². The van der Waals surface area contributed by atoms with E-state index in [-0.39, 0.29) is 34.6 Å². The fourth-order valence-electron chi connectivity index (χ4n) is 2.47. The highest BCUT2D eigenvalue weighted by molar-refractivity contribution is 7.91. The SMILES string of the molecule is CCS(=O)(=O)c1ccc(C(=O)NCCc2ccc(OC)c(OC(F)F)c2)cc1. The van der Waals surface area contributed by atoms with Gasteiger partial charge in [0.05, 0.1) is 17.8 Å². The molecule has 6 nitrogen and oxygen atoms in total. The van der Waals surface area contributed by atoms with Crippen molar-refractivity contribution in [1.29, 1.82) is 0 Å². The minimum absolute atomic E-state index is 0.0162. The number of hydrogen-bond donors (Lipinski definition) is 1. The Morgan fingerprint density at radius 3 is 2.36 bits per heavy atom. The number of rotatable bonds is 9. The van der Waals surface area contributed by atoms with Crippen molar-refractivity contribution in [1.82, 2.24) is 5.32 Å². The number of halogens is 2. The van der Waals surface area contributed by atoms with Crippen LogP contribution in [0.1, 0.15) is 22.8 Å². The van der Waals surface area contributed by atoms with Crippen molar-refractivity contribution in [2.45, 2.75) is 24.9 Å². The number of ether oxygens (including phenoxy) is 2. The van der Waals surface area contributed by atoms with Gasteiger partial charge in [0.25, 0.3) is 5.91 Å². The summed E-state index contributed by atoms with van der Waals surface area (Å²) in [6.45, 7) is -1.16. The second-order valence-electron chi connectivity index (χ2n) is 5.80. The fraction of sp³-hybridized carbons (Fsp3) is 0.316. The van der Waals surface area contributed by atoms with Crippen LogP contribution in [0.15, 0.2) is 47.4 Å². The van der Waals surface area contributed by atoms with Crippen molar-refractivity contribution in [3.63, 3.8) is 0 Å². The Labute approximate surface area is 162 Å². The molecule has 2 rings (SSSR count). The number of alkyl halides is 2. The van der Waals surface area contributed by atoms with E-state index in [0.29, 0.717) is 17.5 Å². The van der Waals surface area contributed by atoms with Crippen LogP contribution >= 0.6 is 0 Å². The molecule has 2 aromatic carbocycles. The molecule has 0 saturated carbocycles. The predicted molar refractivity (Wildman–Crippen MR) is 99.8 cm³/mol. The number of hydrogen-bond acceptors (Lipinski definition) is 5. The number of carbonyl (C=O) groups is 1. The van der Waals surface area contributed by atoms with Gasteiger partial charge < -0.3 is 14.8 Å². The number of benzene rings is 2. The molecular formula is C19H21F2NO5S. The van der Waals surface area contributed by atoms with Crippen LogP contribution in [0.5, 0.6) is 11.5 Å². The highest BCUT2D eigenvalue weighted by Gasteiger charge is 2.14. The number of nitrogens with one attached hydrogen (secondary N) is 1. The summed E-state index contributed by atoms with van der Waals surface area (Å²) in [6.07, 6.45) is 0.387. The molecule has 0 bridgehead atoms. The zero-order valence-electron chi connectivity index (χ0n) is 15.4. The lowest BCUT2D eigenvalue weighted by molar-refractivity contribution is -0.0512. The lowest BCUT2D eigenvalue weighted by Gasteiger charge is -2.12. The third kappa shape index (κ3) is 5.66. The molecule has 0 aromatic heterocycles. The first kappa shape index (κ1) is 21.6. The normalized spacial score (nSPS) is 11.3. The lowest BCUT2D eigenvalue weighted by atomic mass is 10.1. The summed E-state index contributed by atoms with van der Waals surface area (Å²) in [7, 11) is -1.97. The van der Waals surface area contributed by atoms with E-state index >= 15 is 0 Å². The molecular weight excluding hydrogens is 392 g/mol. The summed E-state index contributed by atoms with van der Waals surface area (Å²) in [5.41, 5.74) is 1.01. The Balaban J connectivity index is 1.96. The minimum Gasteiger partial charge on any atom is -0.493 e. The second kappa shape index (κ2) is 9.50.